The molecule has 0 saturated carbocycles. The first-order chi connectivity index (χ1) is 6.98. The number of alkyl halides is 3. The molecule has 6 heteroatoms. The van der Waals surface area contributed by atoms with Gasteiger partial charge >= 0.3 is 6.18 Å². The summed E-state index contributed by atoms with van der Waals surface area (Å²) in [6, 6.07) is 3.70. The summed E-state index contributed by atoms with van der Waals surface area (Å²) in [7, 11) is 0. The summed E-state index contributed by atoms with van der Waals surface area (Å²) in [6.45, 7) is 0. The molecule has 0 bridgehead atoms. The zero-order valence-corrected chi connectivity index (χ0v) is 7.42. The number of hydrogen-bond donors (Lipinski definition) is 1. The fraction of sp³-hybridized carbons (Fsp3) is 0.111. The second-order valence-corrected chi connectivity index (χ2v) is 2.97. The quantitative estimate of drug-likeness (QED) is 0.730. The summed E-state index contributed by atoms with van der Waals surface area (Å²) in [5, 5.41) is 0. The van der Waals surface area contributed by atoms with E-state index in [1.807, 2.05) is 0 Å². The number of rotatable bonds is 0. The number of fused-ring (bicyclic) bond motifs is 1. The third-order valence-corrected chi connectivity index (χ3v) is 1.90. The second kappa shape index (κ2) is 3.08. The van der Waals surface area contributed by atoms with Crippen molar-refractivity contribution in [3.05, 3.63) is 30.0 Å². The Bertz CT molecular complexity index is 507. The van der Waals surface area contributed by atoms with Gasteiger partial charge < -0.3 is 5.73 Å². The van der Waals surface area contributed by atoms with Gasteiger partial charge in [0.15, 0.2) is 0 Å². The Morgan fingerprint density at radius 1 is 1.20 bits per heavy atom. The smallest absolute Gasteiger partial charge is 0.382 e. The highest BCUT2D eigenvalue weighted by atomic mass is 19.4. The Kier molecular flexibility index (Phi) is 1.99. The molecule has 0 aliphatic rings. The average Bonchev–Trinajstić information content (AvgIpc) is 2.15. The zero-order chi connectivity index (χ0) is 11.1. The van der Waals surface area contributed by atoms with Gasteiger partial charge in [0.05, 0.1) is 17.3 Å². The van der Waals surface area contributed by atoms with E-state index in [1.165, 1.54) is 18.3 Å². The van der Waals surface area contributed by atoms with Gasteiger partial charge in [0.2, 0.25) is 0 Å². The van der Waals surface area contributed by atoms with Crippen molar-refractivity contribution in [3.63, 3.8) is 0 Å². The molecule has 2 N–H and O–H groups in total. The Hall–Kier alpha value is -1.85. The van der Waals surface area contributed by atoms with Gasteiger partial charge in [-0.3, -0.25) is 4.98 Å². The summed E-state index contributed by atoms with van der Waals surface area (Å²) in [6.07, 6.45) is -3.22. The molecule has 0 spiro atoms. The molecule has 15 heavy (non-hydrogen) atoms. The number of nitrogens with two attached hydrogens (primary N) is 1. The van der Waals surface area contributed by atoms with Gasteiger partial charge in [-0.2, -0.15) is 13.2 Å². The lowest BCUT2D eigenvalue weighted by Crippen LogP contribution is -2.07. The first-order valence-electron chi connectivity index (χ1n) is 4.07. The van der Waals surface area contributed by atoms with Crippen LogP contribution in [-0.2, 0) is 6.18 Å². The topological polar surface area (TPSA) is 51.8 Å². The average molecular weight is 213 g/mol. The molecule has 0 atom stereocenters. The monoisotopic (exact) mass is 213 g/mol. The lowest BCUT2D eigenvalue weighted by molar-refractivity contribution is -0.136. The minimum Gasteiger partial charge on any atom is -0.382 e. The number of nitrogen functional groups attached to an aromatic ring is 1. The van der Waals surface area contributed by atoms with Crippen molar-refractivity contribution in [2.75, 3.05) is 5.73 Å². The maximum atomic E-state index is 12.5. The van der Waals surface area contributed by atoms with E-state index < -0.39 is 11.7 Å². The SMILES string of the molecule is Nc1cnc2cccc(C(F)(F)F)c2n1. The first kappa shape index (κ1) is 9.70. The molecule has 0 fully saturated rings. The molecule has 1 heterocycles. The Balaban J connectivity index is 2.80. The third kappa shape index (κ3) is 1.70. The molecule has 1 aromatic carbocycles. The highest BCUT2D eigenvalue weighted by Crippen LogP contribution is 2.33. The van der Waals surface area contributed by atoms with Crippen molar-refractivity contribution < 1.29 is 13.2 Å². The Morgan fingerprint density at radius 3 is 2.60 bits per heavy atom. The van der Waals surface area contributed by atoms with Gasteiger partial charge in [-0.15, -0.1) is 0 Å². The fourth-order valence-corrected chi connectivity index (χ4v) is 1.28. The first-order valence-corrected chi connectivity index (χ1v) is 4.07. The third-order valence-electron chi connectivity index (χ3n) is 1.90. The number of benzene rings is 1. The van der Waals surface area contributed by atoms with E-state index in [4.69, 9.17) is 5.73 Å². The van der Waals surface area contributed by atoms with Crippen LogP contribution in [0.2, 0.25) is 0 Å². The molecular formula is C9H6F3N3. The Labute approximate surface area is 82.8 Å². The minimum absolute atomic E-state index is 0.0285. The van der Waals surface area contributed by atoms with Crippen molar-refractivity contribution in [1.29, 1.82) is 0 Å². The van der Waals surface area contributed by atoms with E-state index in [9.17, 15) is 13.2 Å². The van der Waals surface area contributed by atoms with E-state index in [0.29, 0.717) is 0 Å². The number of aromatic nitrogens is 2. The largest absolute Gasteiger partial charge is 0.418 e. The molecule has 78 valence electrons. The molecule has 0 saturated heterocycles. The van der Waals surface area contributed by atoms with Crippen LogP contribution in [0.1, 0.15) is 5.56 Å². The highest BCUT2D eigenvalue weighted by molar-refractivity contribution is 5.79. The van der Waals surface area contributed by atoms with E-state index in [2.05, 4.69) is 9.97 Å². The number of para-hydroxylation sites is 1. The molecule has 0 radical (unpaired) electrons. The molecule has 2 aromatic rings. The predicted octanol–water partition coefficient (Wildman–Crippen LogP) is 2.23. The number of nitrogens with zero attached hydrogens (tertiary/aromatic N) is 2. The van der Waals surface area contributed by atoms with E-state index >= 15 is 0 Å². The summed E-state index contributed by atoms with van der Waals surface area (Å²) >= 11 is 0. The van der Waals surface area contributed by atoms with E-state index in [-0.39, 0.29) is 16.9 Å². The lowest BCUT2D eigenvalue weighted by Gasteiger charge is -2.08. The molecule has 1 aromatic heterocycles. The van der Waals surface area contributed by atoms with Crippen LogP contribution in [0.3, 0.4) is 0 Å². The summed E-state index contributed by atoms with van der Waals surface area (Å²) in [5.74, 6) is -0.0285. The fourth-order valence-electron chi connectivity index (χ4n) is 1.28. The lowest BCUT2D eigenvalue weighted by atomic mass is 10.1. The standard InChI is InChI=1S/C9H6F3N3/c10-9(11,12)5-2-1-3-6-8(5)15-7(13)4-14-6/h1-4H,(H2,13,15). The van der Waals surface area contributed by atoms with Gasteiger partial charge in [-0.1, -0.05) is 6.07 Å². The maximum Gasteiger partial charge on any atom is 0.418 e. The molecule has 0 aliphatic heterocycles. The normalized spacial score (nSPS) is 11.9. The van der Waals surface area contributed by atoms with Crippen LogP contribution in [0.5, 0.6) is 0 Å². The van der Waals surface area contributed by atoms with Gasteiger partial charge in [0.25, 0.3) is 0 Å². The number of halogens is 3. The highest BCUT2D eigenvalue weighted by Gasteiger charge is 2.33. The summed E-state index contributed by atoms with van der Waals surface area (Å²) in [5.41, 5.74) is 4.44. The van der Waals surface area contributed by atoms with Crippen molar-refractivity contribution >= 4 is 16.9 Å². The molecule has 3 nitrogen and oxygen atoms in total. The van der Waals surface area contributed by atoms with Crippen LogP contribution in [0.25, 0.3) is 11.0 Å². The van der Waals surface area contributed by atoms with Crippen LogP contribution in [0.15, 0.2) is 24.4 Å². The minimum atomic E-state index is -4.44. The van der Waals surface area contributed by atoms with Gasteiger partial charge in [0, 0.05) is 0 Å². The second-order valence-electron chi connectivity index (χ2n) is 2.97. The maximum absolute atomic E-state index is 12.5. The van der Waals surface area contributed by atoms with Gasteiger partial charge in [-0.05, 0) is 12.1 Å². The molecular weight excluding hydrogens is 207 g/mol. The predicted molar refractivity (Wildman–Crippen MR) is 49.0 cm³/mol. The van der Waals surface area contributed by atoms with Gasteiger partial charge in [0.1, 0.15) is 11.3 Å². The summed E-state index contributed by atoms with van der Waals surface area (Å²) < 4.78 is 37.6. The molecule has 0 amide bonds. The molecule has 0 unspecified atom stereocenters. The number of anilines is 1. The number of hydrogen-bond acceptors (Lipinski definition) is 3. The zero-order valence-electron chi connectivity index (χ0n) is 7.42. The van der Waals surface area contributed by atoms with Crippen LogP contribution in [-0.4, -0.2) is 9.97 Å². The Morgan fingerprint density at radius 2 is 1.93 bits per heavy atom. The van der Waals surface area contributed by atoms with Crippen molar-refractivity contribution in [1.82, 2.24) is 9.97 Å². The van der Waals surface area contributed by atoms with Crippen LogP contribution in [0.4, 0.5) is 19.0 Å². The van der Waals surface area contributed by atoms with Crippen LogP contribution < -0.4 is 5.73 Å². The van der Waals surface area contributed by atoms with Gasteiger partial charge in [-0.25, -0.2) is 4.98 Å². The van der Waals surface area contributed by atoms with E-state index in [1.54, 1.807) is 0 Å². The van der Waals surface area contributed by atoms with E-state index in [0.717, 1.165) is 6.07 Å². The summed E-state index contributed by atoms with van der Waals surface area (Å²) in [4.78, 5) is 7.40. The molecule has 2 rings (SSSR count). The molecule has 0 aliphatic carbocycles. The van der Waals surface area contributed by atoms with Crippen molar-refractivity contribution in [2.24, 2.45) is 0 Å². The van der Waals surface area contributed by atoms with Crippen molar-refractivity contribution in [3.8, 4) is 0 Å². The van der Waals surface area contributed by atoms with Crippen molar-refractivity contribution in [2.45, 2.75) is 6.18 Å². The van der Waals surface area contributed by atoms with Crippen LogP contribution in [0, 0.1) is 0 Å². The van der Waals surface area contributed by atoms with Crippen LogP contribution >= 0.6 is 0 Å².